The van der Waals surface area contributed by atoms with Gasteiger partial charge in [-0.3, -0.25) is 0 Å². The van der Waals surface area contributed by atoms with Gasteiger partial charge in [-0.2, -0.15) is 0 Å². The molecule has 2 rings (SSSR count). The highest BCUT2D eigenvalue weighted by Gasteiger charge is 2.07. The van der Waals surface area contributed by atoms with Gasteiger partial charge in [0.2, 0.25) is 0 Å². The molecule has 74 valence electrons. The molecule has 0 aliphatic rings. The van der Waals surface area contributed by atoms with Crippen molar-refractivity contribution in [3.63, 3.8) is 0 Å². The van der Waals surface area contributed by atoms with Crippen LogP contribution in [0.5, 0.6) is 0 Å². The monoisotopic (exact) mass is 213 g/mol. The number of carboxylic acid groups (broad SMARTS) is 1. The summed E-state index contributed by atoms with van der Waals surface area (Å²) >= 11 is 0. The second kappa shape index (κ2) is 3.63. The van der Waals surface area contributed by atoms with E-state index in [9.17, 15) is 4.79 Å². The third kappa shape index (κ3) is 1.54. The standard InChI is InChI=1S/C8H7N3O2.ClH/c1-11-4-9-5-2-3-6(8(12)13)10-7(5)11;/h2-4H,1H3,(H,12,13);1H. The quantitative estimate of drug-likeness (QED) is 0.770. The van der Waals surface area contributed by atoms with Crippen molar-refractivity contribution in [1.29, 1.82) is 0 Å². The molecule has 0 saturated carbocycles. The van der Waals surface area contributed by atoms with E-state index in [1.165, 1.54) is 6.07 Å². The van der Waals surface area contributed by atoms with Crippen LogP contribution in [0, 0.1) is 0 Å². The van der Waals surface area contributed by atoms with Gasteiger partial charge in [-0.15, -0.1) is 12.4 Å². The van der Waals surface area contributed by atoms with Crippen LogP contribution >= 0.6 is 12.4 Å². The molecule has 1 N–H and O–H groups in total. The maximum absolute atomic E-state index is 10.6. The Kier molecular flexibility index (Phi) is 2.71. The molecule has 0 amide bonds. The van der Waals surface area contributed by atoms with E-state index in [4.69, 9.17) is 5.11 Å². The van der Waals surface area contributed by atoms with E-state index in [1.54, 1.807) is 24.0 Å². The van der Waals surface area contributed by atoms with Gasteiger partial charge < -0.3 is 9.67 Å². The van der Waals surface area contributed by atoms with Gasteiger partial charge in [0.05, 0.1) is 6.33 Å². The molecule has 0 fully saturated rings. The Bertz CT molecular complexity index is 480. The highest BCUT2D eigenvalue weighted by molar-refractivity contribution is 5.88. The lowest BCUT2D eigenvalue weighted by atomic mass is 10.3. The molecule has 6 heteroatoms. The summed E-state index contributed by atoms with van der Waals surface area (Å²) in [6.07, 6.45) is 1.60. The lowest BCUT2D eigenvalue weighted by molar-refractivity contribution is 0.0691. The summed E-state index contributed by atoms with van der Waals surface area (Å²) in [5.74, 6) is -1.02. The summed E-state index contributed by atoms with van der Waals surface area (Å²) < 4.78 is 1.68. The van der Waals surface area contributed by atoms with E-state index in [0.717, 1.165) is 0 Å². The first-order valence-electron chi connectivity index (χ1n) is 3.70. The molecule has 0 radical (unpaired) electrons. The minimum atomic E-state index is -1.02. The number of aromatic nitrogens is 3. The zero-order chi connectivity index (χ0) is 9.42. The number of carboxylic acids is 1. The lowest BCUT2D eigenvalue weighted by Crippen LogP contribution is -2.00. The number of carbonyl (C=O) groups is 1. The molecule has 0 atom stereocenters. The SMILES string of the molecule is Cl.Cn1cnc2ccc(C(=O)O)nc21. The van der Waals surface area contributed by atoms with Crippen molar-refractivity contribution in [3.8, 4) is 0 Å². The Morgan fingerprint density at radius 3 is 2.86 bits per heavy atom. The maximum Gasteiger partial charge on any atom is 0.354 e. The third-order valence-electron chi connectivity index (χ3n) is 1.78. The van der Waals surface area contributed by atoms with E-state index in [-0.39, 0.29) is 18.1 Å². The maximum atomic E-state index is 10.6. The molecule has 0 aliphatic heterocycles. The van der Waals surface area contributed by atoms with Crippen molar-refractivity contribution < 1.29 is 9.90 Å². The zero-order valence-electron chi connectivity index (χ0n) is 7.34. The Morgan fingerprint density at radius 1 is 1.50 bits per heavy atom. The number of fused-ring (bicyclic) bond motifs is 1. The molecular formula is C8H8ClN3O2. The summed E-state index contributed by atoms with van der Waals surface area (Å²) in [5.41, 5.74) is 1.32. The zero-order valence-corrected chi connectivity index (χ0v) is 8.15. The lowest BCUT2D eigenvalue weighted by Gasteiger charge is -1.95. The number of hydrogen-bond donors (Lipinski definition) is 1. The number of aryl methyl sites for hydroxylation is 1. The molecule has 5 nitrogen and oxygen atoms in total. The first kappa shape index (κ1) is 10.5. The highest BCUT2D eigenvalue weighted by atomic mass is 35.5. The Labute approximate surface area is 85.8 Å². The van der Waals surface area contributed by atoms with Crippen LogP contribution in [0.25, 0.3) is 11.2 Å². The van der Waals surface area contributed by atoms with E-state index in [2.05, 4.69) is 9.97 Å². The number of aromatic carboxylic acids is 1. The average Bonchev–Trinajstić information content (AvgIpc) is 2.47. The van der Waals surface area contributed by atoms with Crippen LogP contribution in [0.2, 0.25) is 0 Å². The fraction of sp³-hybridized carbons (Fsp3) is 0.125. The van der Waals surface area contributed by atoms with Gasteiger partial charge in [0.15, 0.2) is 11.3 Å². The van der Waals surface area contributed by atoms with Gasteiger partial charge in [-0.05, 0) is 12.1 Å². The second-order valence-corrected chi connectivity index (χ2v) is 2.70. The van der Waals surface area contributed by atoms with Crippen LogP contribution < -0.4 is 0 Å². The average molecular weight is 214 g/mol. The largest absolute Gasteiger partial charge is 0.477 e. The molecule has 0 aliphatic carbocycles. The smallest absolute Gasteiger partial charge is 0.354 e. The van der Waals surface area contributed by atoms with Gasteiger partial charge in [-0.1, -0.05) is 0 Å². The first-order valence-corrected chi connectivity index (χ1v) is 3.70. The highest BCUT2D eigenvalue weighted by Crippen LogP contribution is 2.09. The normalized spacial score (nSPS) is 9.79. The van der Waals surface area contributed by atoms with E-state index < -0.39 is 5.97 Å². The fourth-order valence-electron chi connectivity index (χ4n) is 1.12. The van der Waals surface area contributed by atoms with E-state index in [1.807, 2.05) is 0 Å². The van der Waals surface area contributed by atoms with Crippen molar-refractivity contribution in [2.24, 2.45) is 7.05 Å². The van der Waals surface area contributed by atoms with Crippen molar-refractivity contribution in [3.05, 3.63) is 24.2 Å². The van der Waals surface area contributed by atoms with Crippen molar-refractivity contribution >= 4 is 29.5 Å². The van der Waals surface area contributed by atoms with Crippen LogP contribution in [-0.2, 0) is 7.05 Å². The predicted molar refractivity (Wildman–Crippen MR) is 52.7 cm³/mol. The van der Waals surface area contributed by atoms with Gasteiger partial charge in [0, 0.05) is 7.05 Å². The summed E-state index contributed by atoms with van der Waals surface area (Å²) in [7, 11) is 1.77. The molecule has 0 spiro atoms. The van der Waals surface area contributed by atoms with Crippen LogP contribution in [0.1, 0.15) is 10.5 Å². The number of nitrogens with zero attached hydrogens (tertiary/aromatic N) is 3. The topological polar surface area (TPSA) is 68.0 Å². The fourth-order valence-corrected chi connectivity index (χ4v) is 1.12. The predicted octanol–water partition coefficient (Wildman–Crippen LogP) is 1.09. The van der Waals surface area contributed by atoms with Gasteiger partial charge in [-0.25, -0.2) is 14.8 Å². The molecule has 0 unspecified atom stereocenters. The van der Waals surface area contributed by atoms with E-state index in [0.29, 0.717) is 11.2 Å². The Balaban J connectivity index is 0.000000980. The molecular weight excluding hydrogens is 206 g/mol. The van der Waals surface area contributed by atoms with Crippen molar-refractivity contribution in [2.45, 2.75) is 0 Å². The number of hydrogen-bond acceptors (Lipinski definition) is 3. The van der Waals surface area contributed by atoms with Gasteiger partial charge in [0.25, 0.3) is 0 Å². The molecule has 2 aromatic rings. The molecule has 2 heterocycles. The number of imidazole rings is 1. The van der Waals surface area contributed by atoms with E-state index >= 15 is 0 Å². The van der Waals surface area contributed by atoms with Gasteiger partial charge in [0.1, 0.15) is 5.52 Å². The Hall–Kier alpha value is -1.62. The van der Waals surface area contributed by atoms with Crippen LogP contribution in [-0.4, -0.2) is 25.6 Å². The number of halogens is 1. The summed E-state index contributed by atoms with van der Waals surface area (Å²) in [5, 5.41) is 8.68. The molecule has 0 bridgehead atoms. The minimum Gasteiger partial charge on any atom is -0.477 e. The number of rotatable bonds is 1. The summed E-state index contributed by atoms with van der Waals surface area (Å²) in [4.78, 5) is 18.5. The molecule has 14 heavy (non-hydrogen) atoms. The molecule has 2 aromatic heterocycles. The van der Waals surface area contributed by atoms with Gasteiger partial charge >= 0.3 is 5.97 Å². The van der Waals surface area contributed by atoms with Crippen LogP contribution in [0.15, 0.2) is 18.5 Å². The summed E-state index contributed by atoms with van der Waals surface area (Å²) in [6, 6.07) is 3.09. The van der Waals surface area contributed by atoms with Crippen molar-refractivity contribution in [1.82, 2.24) is 14.5 Å². The minimum absolute atomic E-state index is 0. The second-order valence-electron chi connectivity index (χ2n) is 2.70. The Morgan fingerprint density at radius 2 is 2.21 bits per heavy atom. The van der Waals surface area contributed by atoms with Crippen molar-refractivity contribution in [2.75, 3.05) is 0 Å². The van der Waals surface area contributed by atoms with Crippen LogP contribution in [0.3, 0.4) is 0 Å². The third-order valence-corrected chi connectivity index (χ3v) is 1.78. The molecule has 0 saturated heterocycles. The molecule has 0 aromatic carbocycles. The number of pyridine rings is 1. The summed E-state index contributed by atoms with van der Waals surface area (Å²) in [6.45, 7) is 0. The van der Waals surface area contributed by atoms with Crippen LogP contribution in [0.4, 0.5) is 0 Å². The first-order chi connectivity index (χ1) is 6.18.